The fourth-order valence-electron chi connectivity index (χ4n) is 2.90. The van der Waals surface area contributed by atoms with Crippen LogP contribution in [0.3, 0.4) is 0 Å². The molecule has 0 fully saturated rings. The number of benzene rings is 2. The van der Waals surface area contributed by atoms with E-state index in [9.17, 15) is 4.79 Å². The van der Waals surface area contributed by atoms with Crippen molar-refractivity contribution in [3.05, 3.63) is 89.2 Å². The van der Waals surface area contributed by atoms with Gasteiger partial charge >= 0.3 is 0 Å². The van der Waals surface area contributed by atoms with E-state index in [1.165, 1.54) is 5.56 Å². The summed E-state index contributed by atoms with van der Waals surface area (Å²) in [7, 11) is 0. The van der Waals surface area contributed by atoms with Crippen molar-refractivity contribution in [3.8, 4) is 11.3 Å². The van der Waals surface area contributed by atoms with Gasteiger partial charge in [-0.1, -0.05) is 59.6 Å². The van der Waals surface area contributed by atoms with Gasteiger partial charge in [-0.15, -0.1) is 0 Å². The molecule has 4 aromatic rings. The minimum absolute atomic E-state index is 0.253. The first-order valence-corrected chi connectivity index (χ1v) is 8.88. The average Bonchev–Trinajstić information content (AvgIpc) is 2.69. The topological polar surface area (TPSA) is 54.9 Å². The van der Waals surface area contributed by atoms with E-state index >= 15 is 0 Å². The lowest BCUT2D eigenvalue weighted by atomic mass is 10.0. The van der Waals surface area contributed by atoms with Gasteiger partial charge < -0.3 is 5.32 Å². The number of para-hydroxylation sites is 1. The van der Waals surface area contributed by atoms with Crippen molar-refractivity contribution in [2.45, 2.75) is 6.92 Å². The maximum Gasteiger partial charge on any atom is 0.256 e. The van der Waals surface area contributed by atoms with Crippen molar-refractivity contribution in [1.29, 1.82) is 0 Å². The van der Waals surface area contributed by atoms with Crippen molar-refractivity contribution >= 4 is 34.1 Å². The molecule has 4 rings (SSSR count). The van der Waals surface area contributed by atoms with Crippen LogP contribution in [0.1, 0.15) is 15.9 Å². The van der Waals surface area contributed by atoms with Crippen LogP contribution in [0.2, 0.25) is 5.15 Å². The van der Waals surface area contributed by atoms with Gasteiger partial charge in [0.1, 0.15) is 0 Å². The number of hydrogen-bond acceptors (Lipinski definition) is 3. The highest BCUT2D eigenvalue weighted by Crippen LogP contribution is 2.26. The number of fused-ring (bicyclic) bond motifs is 1. The quantitative estimate of drug-likeness (QED) is 0.481. The molecule has 0 aliphatic heterocycles. The number of hydrogen-bond donors (Lipinski definition) is 1. The first-order chi connectivity index (χ1) is 13.1. The predicted octanol–water partition coefficient (Wildman–Crippen LogP) is 5.51. The molecular formula is C22H16ClN3O. The number of rotatable bonds is 3. The lowest BCUT2D eigenvalue weighted by molar-refractivity contribution is 0.102. The summed E-state index contributed by atoms with van der Waals surface area (Å²) in [6.07, 6.45) is 1.58. The van der Waals surface area contributed by atoms with Gasteiger partial charge in [0.2, 0.25) is 0 Å². The zero-order chi connectivity index (χ0) is 18.8. The maximum absolute atomic E-state index is 13.0. The molecule has 0 bridgehead atoms. The molecule has 0 atom stereocenters. The summed E-state index contributed by atoms with van der Waals surface area (Å²) in [6, 6.07) is 20.9. The van der Waals surface area contributed by atoms with E-state index in [4.69, 9.17) is 16.6 Å². The zero-order valence-electron chi connectivity index (χ0n) is 14.6. The minimum atomic E-state index is -0.253. The molecule has 1 amide bonds. The highest BCUT2D eigenvalue weighted by atomic mass is 35.5. The lowest BCUT2D eigenvalue weighted by Gasteiger charge is -2.11. The molecule has 0 saturated heterocycles. The minimum Gasteiger partial charge on any atom is -0.319 e. The Balaban J connectivity index is 1.82. The number of anilines is 1. The number of halogens is 1. The third-order valence-electron chi connectivity index (χ3n) is 4.32. The Morgan fingerprint density at radius 2 is 1.78 bits per heavy atom. The van der Waals surface area contributed by atoms with Crippen LogP contribution in [0.15, 0.2) is 72.9 Å². The standard InChI is InChI=1S/C22H16ClN3O/c1-14-8-10-15(11-9-14)20-13-17(16-5-2-3-6-18(16)25-20)22(27)26-19-7-4-12-24-21(19)23/h2-13H,1H3,(H,26,27). The molecule has 0 aliphatic rings. The van der Waals surface area contributed by atoms with E-state index in [1.807, 2.05) is 61.5 Å². The van der Waals surface area contributed by atoms with Crippen LogP contribution in [0.25, 0.3) is 22.2 Å². The second-order valence-electron chi connectivity index (χ2n) is 6.23. The molecule has 2 heterocycles. The third-order valence-corrected chi connectivity index (χ3v) is 4.62. The molecule has 0 unspecified atom stereocenters. The Morgan fingerprint density at radius 3 is 2.56 bits per heavy atom. The number of carbonyl (C=O) groups is 1. The Kier molecular flexibility index (Phi) is 4.57. The van der Waals surface area contributed by atoms with E-state index in [2.05, 4.69) is 10.3 Å². The third kappa shape index (κ3) is 3.52. The van der Waals surface area contributed by atoms with Gasteiger partial charge in [-0.2, -0.15) is 0 Å². The first kappa shape index (κ1) is 17.2. The molecule has 0 saturated carbocycles. The van der Waals surface area contributed by atoms with Crippen molar-refractivity contribution < 1.29 is 4.79 Å². The maximum atomic E-state index is 13.0. The summed E-state index contributed by atoms with van der Waals surface area (Å²) in [6.45, 7) is 2.04. The normalized spacial score (nSPS) is 10.7. The average molecular weight is 374 g/mol. The number of pyridine rings is 2. The number of aromatic nitrogens is 2. The molecule has 4 nitrogen and oxygen atoms in total. The smallest absolute Gasteiger partial charge is 0.256 e. The monoisotopic (exact) mass is 373 g/mol. The second kappa shape index (κ2) is 7.17. The van der Waals surface area contributed by atoms with Crippen LogP contribution < -0.4 is 5.32 Å². The van der Waals surface area contributed by atoms with Crippen LogP contribution >= 0.6 is 11.6 Å². The number of nitrogens with zero attached hydrogens (tertiary/aromatic N) is 2. The molecule has 132 valence electrons. The van der Waals surface area contributed by atoms with Crippen molar-refractivity contribution in [1.82, 2.24) is 9.97 Å². The summed E-state index contributed by atoms with van der Waals surface area (Å²) in [5, 5.41) is 3.88. The summed E-state index contributed by atoms with van der Waals surface area (Å²) < 4.78 is 0. The molecule has 2 aromatic heterocycles. The molecule has 1 N–H and O–H groups in total. The van der Waals surface area contributed by atoms with Gasteiger partial charge in [0.25, 0.3) is 5.91 Å². The number of amides is 1. The van der Waals surface area contributed by atoms with E-state index < -0.39 is 0 Å². The van der Waals surface area contributed by atoms with Gasteiger partial charge in [-0.25, -0.2) is 9.97 Å². The van der Waals surface area contributed by atoms with Gasteiger partial charge in [-0.3, -0.25) is 4.79 Å². The van der Waals surface area contributed by atoms with Gasteiger partial charge in [0.05, 0.1) is 22.5 Å². The zero-order valence-corrected chi connectivity index (χ0v) is 15.4. The Bertz CT molecular complexity index is 1140. The Morgan fingerprint density at radius 1 is 1.00 bits per heavy atom. The fraction of sp³-hybridized carbons (Fsp3) is 0.0455. The Labute approximate surface area is 161 Å². The number of nitrogens with one attached hydrogen (secondary N) is 1. The first-order valence-electron chi connectivity index (χ1n) is 8.50. The van der Waals surface area contributed by atoms with Gasteiger partial charge in [0, 0.05) is 17.1 Å². The second-order valence-corrected chi connectivity index (χ2v) is 6.59. The summed E-state index contributed by atoms with van der Waals surface area (Å²) in [5.41, 5.74) is 4.65. The fourth-order valence-corrected chi connectivity index (χ4v) is 3.07. The molecule has 0 spiro atoms. The highest BCUT2D eigenvalue weighted by molar-refractivity contribution is 6.32. The van der Waals surface area contributed by atoms with E-state index in [1.54, 1.807) is 18.3 Å². The molecule has 2 aromatic carbocycles. The summed E-state index contributed by atoms with van der Waals surface area (Å²) in [4.78, 5) is 21.7. The molecular weight excluding hydrogens is 358 g/mol. The van der Waals surface area contributed by atoms with Crippen LogP contribution in [-0.4, -0.2) is 15.9 Å². The van der Waals surface area contributed by atoms with E-state index in [0.29, 0.717) is 11.3 Å². The number of aryl methyl sites for hydroxylation is 1. The highest BCUT2D eigenvalue weighted by Gasteiger charge is 2.15. The van der Waals surface area contributed by atoms with Crippen LogP contribution in [-0.2, 0) is 0 Å². The largest absolute Gasteiger partial charge is 0.319 e. The van der Waals surface area contributed by atoms with E-state index in [0.717, 1.165) is 22.2 Å². The van der Waals surface area contributed by atoms with E-state index in [-0.39, 0.29) is 11.1 Å². The molecule has 27 heavy (non-hydrogen) atoms. The van der Waals surface area contributed by atoms with Crippen LogP contribution in [0.4, 0.5) is 5.69 Å². The van der Waals surface area contributed by atoms with Crippen molar-refractivity contribution in [2.24, 2.45) is 0 Å². The molecule has 5 heteroatoms. The SMILES string of the molecule is Cc1ccc(-c2cc(C(=O)Nc3cccnc3Cl)c3ccccc3n2)cc1. The predicted molar refractivity (Wildman–Crippen MR) is 109 cm³/mol. The Hall–Kier alpha value is -3.24. The summed E-state index contributed by atoms with van der Waals surface area (Å²) in [5.74, 6) is -0.253. The molecule has 0 aliphatic carbocycles. The van der Waals surface area contributed by atoms with Crippen LogP contribution in [0, 0.1) is 6.92 Å². The summed E-state index contributed by atoms with van der Waals surface area (Å²) >= 11 is 6.08. The van der Waals surface area contributed by atoms with Crippen molar-refractivity contribution in [2.75, 3.05) is 5.32 Å². The molecule has 0 radical (unpaired) electrons. The lowest BCUT2D eigenvalue weighted by Crippen LogP contribution is -2.13. The van der Waals surface area contributed by atoms with Crippen molar-refractivity contribution in [3.63, 3.8) is 0 Å². The van der Waals surface area contributed by atoms with Gasteiger partial charge in [0.15, 0.2) is 5.15 Å². The van der Waals surface area contributed by atoms with Crippen LogP contribution in [0.5, 0.6) is 0 Å². The van der Waals surface area contributed by atoms with Gasteiger partial charge in [-0.05, 0) is 31.2 Å². The number of carbonyl (C=O) groups excluding carboxylic acids is 1.